The molecular formula is C12H23NO3. The smallest absolute Gasteiger partial charge is 0.217 e. The van der Waals surface area contributed by atoms with E-state index in [9.17, 15) is 9.90 Å². The van der Waals surface area contributed by atoms with E-state index in [-0.39, 0.29) is 30.8 Å². The van der Waals surface area contributed by atoms with Crippen LogP contribution in [0.1, 0.15) is 34.1 Å². The lowest BCUT2D eigenvalue weighted by Gasteiger charge is -2.44. The van der Waals surface area contributed by atoms with Gasteiger partial charge in [0.25, 0.3) is 0 Å². The Balaban J connectivity index is 2.79. The summed E-state index contributed by atoms with van der Waals surface area (Å²) in [6, 6.07) is -0.0800. The van der Waals surface area contributed by atoms with Crippen molar-refractivity contribution in [2.75, 3.05) is 6.61 Å². The predicted octanol–water partition coefficient (Wildman–Crippen LogP) is 0.933. The number of aliphatic hydroxyl groups excluding tert-OH is 1. The van der Waals surface area contributed by atoms with Gasteiger partial charge in [-0.05, 0) is 18.8 Å². The second-order valence-corrected chi connectivity index (χ2v) is 4.72. The third-order valence-electron chi connectivity index (χ3n) is 3.66. The van der Waals surface area contributed by atoms with Crippen LogP contribution >= 0.6 is 0 Å². The molecule has 4 heteroatoms. The Morgan fingerprint density at radius 1 is 1.44 bits per heavy atom. The highest BCUT2D eigenvalue weighted by atomic mass is 16.5. The lowest BCUT2D eigenvalue weighted by Crippen LogP contribution is -2.57. The van der Waals surface area contributed by atoms with Crippen molar-refractivity contribution in [3.63, 3.8) is 0 Å². The molecule has 1 aliphatic rings. The molecule has 1 fully saturated rings. The highest BCUT2D eigenvalue weighted by Crippen LogP contribution is 2.32. The Morgan fingerprint density at radius 2 is 2.06 bits per heavy atom. The third-order valence-corrected chi connectivity index (χ3v) is 3.66. The van der Waals surface area contributed by atoms with Crippen LogP contribution in [0.4, 0.5) is 0 Å². The van der Waals surface area contributed by atoms with Gasteiger partial charge in [0.2, 0.25) is 5.91 Å². The van der Waals surface area contributed by atoms with Crippen LogP contribution in [0.3, 0.4) is 0 Å². The SMILES string of the molecule is CCC1C(C)OC(CO)C(NC(C)=O)C1C. The molecule has 1 amide bonds. The summed E-state index contributed by atoms with van der Waals surface area (Å²) in [7, 11) is 0. The van der Waals surface area contributed by atoms with Crippen molar-refractivity contribution >= 4 is 5.91 Å². The van der Waals surface area contributed by atoms with Crippen LogP contribution < -0.4 is 5.32 Å². The van der Waals surface area contributed by atoms with E-state index in [1.54, 1.807) is 0 Å². The topological polar surface area (TPSA) is 58.6 Å². The number of rotatable bonds is 3. The highest BCUT2D eigenvalue weighted by Gasteiger charge is 2.40. The van der Waals surface area contributed by atoms with E-state index in [1.807, 2.05) is 6.92 Å². The van der Waals surface area contributed by atoms with Gasteiger partial charge in [0.1, 0.15) is 6.10 Å². The average molecular weight is 229 g/mol. The highest BCUT2D eigenvalue weighted by molar-refractivity contribution is 5.73. The zero-order chi connectivity index (χ0) is 12.3. The van der Waals surface area contributed by atoms with E-state index >= 15 is 0 Å². The summed E-state index contributed by atoms with van der Waals surface area (Å²) < 4.78 is 5.76. The van der Waals surface area contributed by atoms with Gasteiger partial charge in [-0.3, -0.25) is 4.79 Å². The van der Waals surface area contributed by atoms with Gasteiger partial charge in [-0.15, -0.1) is 0 Å². The largest absolute Gasteiger partial charge is 0.394 e. The average Bonchev–Trinajstić information content (AvgIpc) is 2.22. The maximum atomic E-state index is 11.1. The number of ether oxygens (including phenoxy) is 1. The molecular weight excluding hydrogens is 206 g/mol. The molecule has 94 valence electrons. The first kappa shape index (κ1) is 13.5. The summed E-state index contributed by atoms with van der Waals surface area (Å²) in [5.41, 5.74) is 0. The lowest BCUT2D eigenvalue weighted by atomic mass is 9.78. The summed E-state index contributed by atoms with van der Waals surface area (Å²) in [6.45, 7) is 7.75. The molecule has 0 radical (unpaired) electrons. The van der Waals surface area contributed by atoms with Gasteiger partial charge >= 0.3 is 0 Å². The first-order valence-electron chi connectivity index (χ1n) is 6.04. The number of hydrogen-bond acceptors (Lipinski definition) is 3. The Hall–Kier alpha value is -0.610. The third kappa shape index (κ3) is 2.74. The maximum absolute atomic E-state index is 11.1. The quantitative estimate of drug-likeness (QED) is 0.757. The van der Waals surface area contributed by atoms with Crippen LogP contribution in [-0.2, 0) is 9.53 Å². The molecule has 2 N–H and O–H groups in total. The van der Waals surface area contributed by atoms with E-state index < -0.39 is 0 Å². The first-order chi connectivity index (χ1) is 7.51. The van der Waals surface area contributed by atoms with Crippen molar-refractivity contribution in [2.45, 2.75) is 52.4 Å². The molecule has 1 rings (SSSR count). The zero-order valence-electron chi connectivity index (χ0n) is 10.6. The molecule has 5 unspecified atom stereocenters. The molecule has 0 saturated carbocycles. The summed E-state index contributed by atoms with van der Waals surface area (Å²) in [5.74, 6) is 0.692. The minimum Gasteiger partial charge on any atom is -0.394 e. The molecule has 0 aromatic heterocycles. The number of aliphatic hydroxyl groups is 1. The second kappa shape index (κ2) is 5.64. The van der Waals surface area contributed by atoms with Crippen molar-refractivity contribution < 1.29 is 14.6 Å². The minimum atomic E-state index is -0.281. The standard InChI is InChI=1S/C12H23NO3/c1-5-10-7(2)12(13-9(4)15)11(6-14)16-8(10)3/h7-8,10-12,14H,5-6H2,1-4H3,(H,13,15). The van der Waals surface area contributed by atoms with Gasteiger partial charge in [-0.25, -0.2) is 0 Å². The summed E-state index contributed by atoms with van der Waals surface area (Å²) in [6.07, 6.45) is 0.884. The van der Waals surface area contributed by atoms with Crippen LogP contribution in [0.25, 0.3) is 0 Å². The fraction of sp³-hybridized carbons (Fsp3) is 0.917. The van der Waals surface area contributed by atoms with Gasteiger partial charge in [0.15, 0.2) is 0 Å². The maximum Gasteiger partial charge on any atom is 0.217 e. The molecule has 0 aromatic rings. The van der Waals surface area contributed by atoms with Gasteiger partial charge in [-0.2, -0.15) is 0 Å². The number of carbonyl (C=O) groups excluding carboxylic acids is 1. The first-order valence-corrected chi connectivity index (χ1v) is 6.04. The molecule has 0 spiro atoms. The van der Waals surface area contributed by atoms with Crippen molar-refractivity contribution in [1.29, 1.82) is 0 Å². The molecule has 0 bridgehead atoms. The Labute approximate surface area is 97.4 Å². The molecule has 0 aliphatic carbocycles. The van der Waals surface area contributed by atoms with Crippen molar-refractivity contribution in [1.82, 2.24) is 5.32 Å². The van der Waals surface area contributed by atoms with Crippen LogP contribution in [0.5, 0.6) is 0 Å². The predicted molar refractivity (Wildman–Crippen MR) is 62.0 cm³/mol. The zero-order valence-corrected chi connectivity index (χ0v) is 10.6. The van der Waals surface area contributed by atoms with Gasteiger partial charge in [0.05, 0.1) is 18.8 Å². The van der Waals surface area contributed by atoms with Crippen LogP contribution in [0, 0.1) is 11.8 Å². The van der Waals surface area contributed by atoms with Gasteiger partial charge in [0, 0.05) is 6.92 Å². The monoisotopic (exact) mass is 229 g/mol. The van der Waals surface area contributed by atoms with E-state index in [4.69, 9.17) is 4.74 Å². The molecule has 4 nitrogen and oxygen atoms in total. The molecule has 0 aromatic carbocycles. The van der Waals surface area contributed by atoms with E-state index in [0.717, 1.165) is 6.42 Å². The Kier molecular flexibility index (Phi) is 4.74. The Morgan fingerprint density at radius 3 is 2.50 bits per heavy atom. The van der Waals surface area contributed by atoms with Crippen molar-refractivity contribution in [3.8, 4) is 0 Å². The summed E-state index contributed by atoms with van der Waals surface area (Å²) >= 11 is 0. The number of nitrogens with one attached hydrogen (secondary N) is 1. The minimum absolute atomic E-state index is 0.0456. The second-order valence-electron chi connectivity index (χ2n) is 4.72. The van der Waals surface area contributed by atoms with Gasteiger partial charge in [-0.1, -0.05) is 20.3 Å². The molecule has 5 atom stereocenters. The van der Waals surface area contributed by atoms with Crippen LogP contribution in [0.2, 0.25) is 0 Å². The van der Waals surface area contributed by atoms with E-state index in [2.05, 4.69) is 19.2 Å². The van der Waals surface area contributed by atoms with Crippen molar-refractivity contribution in [3.05, 3.63) is 0 Å². The molecule has 1 heterocycles. The fourth-order valence-electron chi connectivity index (χ4n) is 2.81. The molecule has 16 heavy (non-hydrogen) atoms. The van der Waals surface area contributed by atoms with Crippen LogP contribution in [-0.4, -0.2) is 35.9 Å². The van der Waals surface area contributed by atoms with Crippen molar-refractivity contribution in [2.24, 2.45) is 11.8 Å². The Bertz CT molecular complexity index is 244. The molecule has 1 aliphatic heterocycles. The van der Waals surface area contributed by atoms with Gasteiger partial charge < -0.3 is 15.2 Å². The van der Waals surface area contributed by atoms with E-state index in [0.29, 0.717) is 11.8 Å². The number of carbonyl (C=O) groups is 1. The normalized spacial score (nSPS) is 39.4. The van der Waals surface area contributed by atoms with Crippen LogP contribution in [0.15, 0.2) is 0 Å². The lowest BCUT2D eigenvalue weighted by molar-refractivity contribution is -0.143. The molecule has 1 saturated heterocycles. The van der Waals surface area contributed by atoms with E-state index in [1.165, 1.54) is 6.92 Å². The summed E-state index contributed by atoms with van der Waals surface area (Å²) in [4.78, 5) is 11.1. The fourth-order valence-corrected chi connectivity index (χ4v) is 2.81. The summed E-state index contributed by atoms with van der Waals surface area (Å²) in [5, 5.41) is 12.2. The number of hydrogen-bond donors (Lipinski definition) is 2. The number of amides is 1.